The lowest BCUT2D eigenvalue weighted by Gasteiger charge is -1.99. The first-order valence-corrected chi connectivity index (χ1v) is 5.92. The summed E-state index contributed by atoms with van der Waals surface area (Å²) in [7, 11) is -1.61. The molecule has 1 atom stereocenters. The van der Waals surface area contributed by atoms with Crippen LogP contribution in [-0.2, 0) is 15.6 Å². The van der Waals surface area contributed by atoms with E-state index in [4.69, 9.17) is 0 Å². The number of hydrogen-bond acceptors (Lipinski definition) is 2. The Morgan fingerprint density at radius 3 is 2.35 bits per heavy atom. The molecule has 1 aromatic carbocycles. The molecule has 2 nitrogen and oxygen atoms in total. The van der Waals surface area contributed by atoms with E-state index < -0.39 is 28.5 Å². The van der Waals surface area contributed by atoms with Gasteiger partial charge in [0.25, 0.3) is 0 Å². The van der Waals surface area contributed by atoms with Crippen LogP contribution in [-0.4, -0.2) is 21.9 Å². The zero-order valence-electron chi connectivity index (χ0n) is 8.61. The second-order valence-electron chi connectivity index (χ2n) is 3.14. The molecule has 0 bridgehead atoms. The average molecular weight is 262 g/mol. The Labute approximate surface area is 98.6 Å². The summed E-state index contributed by atoms with van der Waals surface area (Å²) in [6, 6.07) is 8.10. The largest absolute Gasteiger partial charge is 0.409 e. The Bertz CT molecular complexity index is 438. The van der Waals surface area contributed by atoms with Crippen molar-refractivity contribution in [3.05, 3.63) is 42.5 Å². The molecule has 0 amide bonds. The van der Waals surface area contributed by atoms with Gasteiger partial charge in [0.1, 0.15) is 0 Å². The monoisotopic (exact) mass is 262 g/mol. The van der Waals surface area contributed by atoms with Crippen molar-refractivity contribution in [1.29, 1.82) is 0 Å². The molecule has 1 unspecified atom stereocenters. The number of benzene rings is 1. The fourth-order valence-electron chi connectivity index (χ4n) is 1.02. The van der Waals surface area contributed by atoms with Crippen molar-refractivity contribution in [1.82, 2.24) is 0 Å². The normalized spacial score (nSPS) is 13.8. The number of allylic oxidation sites excluding steroid dienone is 2. The first-order chi connectivity index (χ1) is 7.88. The van der Waals surface area contributed by atoms with Crippen LogP contribution in [0.1, 0.15) is 0 Å². The van der Waals surface area contributed by atoms with Crippen molar-refractivity contribution < 1.29 is 22.2 Å². The highest BCUT2D eigenvalue weighted by Crippen LogP contribution is 2.16. The van der Waals surface area contributed by atoms with Gasteiger partial charge in [-0.2, -0.15) is 13.2 Å². The molecule has 1 rings (SSSR count). The molecule has 0 saturated heterocycles. The topological polar surface area (TPSA) is 34.1 Å². The van der Waals surface area contributed by atoms with E-state index in [9.17, 15) is 22.2 Å². The SMILES string of the molecule is O=C(/C=C/C(F)(F)F)CS(=O)c1ccccc1. The van der Waals surface area contributed by atoms with Crippen LogP contribution in [0.15, 0.2) is 47.4 Å². The Balaban J connectivity index is 2.59. The molecule has 0 saturated carbocycles. The molecule has 6 heteroatoms. The standard InChI is InChI=1S/C11H9F3O2S/c12-11(13,14)7-6-9(15)8-17(16)10-4-2-1-3-5-10/h1-7H,8H2/b7-6+. The van der Waals surface area contributed by atoms with Crippen LogP contribution in [0.25, 0.3) is 0 Å². The predicted molar refractivity (Wildman–Crippen MR) is 57.9 cm³/mol. The average Bonchev–Trinajstić information content (AvgIpc) is 2.27. The van der Waals surface area contributed by atoms with Gasteiger partial charge in [0.2, 0.25) is 0 Å². The molecule has 0 aliphatic carbocycles. The molecular formula is C11H9F3O2S. The van der Waals surface area contributed by atoms with Crippen molar-refractivity contribution in [3.8, 4) is 0 Å². The molecule has 0 aliphatic heterocycles. The molecule has 0 fully saturated rings. The quantitative estimate of drug-likeness (QED) is 0.781. The summed E-state index contributed by atoms with van der Waals surface area (Å²) in [6.45, 7) is 0. The Morgan fingerprint density at radius 2 is 1.82 bits per heavy atom. The van der Waals surface area contributed by atoms with Crippen molar-refractivity contribution in [2.24, 2.45) is 0 Å². The lowest BCUT2D eigenvalue weighted by atomic mass is 10.4. The summed E-state index contributed by atoms with van der Waals surface area (Å²) < 4.78 is 46.8. The summed E-state index contributed by atoms with van der Waals surface area (Å²) in [6.07, 6.45) is -4.28. The molecule has 1 aromatic rings. The molecule has 0 aliphatic rings. The fourth-order valence-corrected chi connectivity index (χ4v) is 2.00. The molecule has 0 N–H and O–H groups in total. The van der Waals surface area contributed by atoms with E-state index in [0.29, 0.717) is 11.0 Å². The van der Waals surface area contributed by atoms with Crippen molar-refractivity contribution in [2.75, 3.05) is 5.75 Å². The number of hydrogen-bond donors (Lipinski definition) is 0. The van der Waals surface area contributed by atoms with Gasteiger partial charge in [-0.1, -0.05) is 18.2 Å². The van der Waals surface area contributed by atoms with E-state index in [1.807, 2.05) is 0 Å². The number of halogens is 3. The van der Waals surface area contributed by atoms with Crippen molar-refractivity contribution >= 4 is 16.6 Å². The Hall–Kier alpha value is -1.43. The number of rotatable bonds is 4. The fraction of sp³-hybridized carbons (Fsp3) is 0.182. The third kappa shape index (κ3) is 5.44. The number of carbonyl (C=O) groups excluding carboxylic acids is 1. The van der Waals surface area contributed by atoms with E-state index in [2.05, 4.69) is 0 Å². The first-order valence-electron chi connectivity index (χ1n) is 4.61. The van der Waals surface area contributed by atoms with Gasteiger partial charge in [-0.3, -0.25) is 9.00 Å². The molecule has 0 heterocycles. The smallest absolute Gasteiger partial charge is 0.294 e. The minimum atomic E-state index is -4.52. The molecule has 0 aromatic heterocycles. The molecule has 0 radical (unpaired) electrons. The van der Waals surface area contributed by atoms with Crippen LogP contribution >= 0.6 is 0 Å². The van der Waals surface area contributed by atoms with Crippen LogP contribution in [0.3, 0.4) is 0 Å². The molecule has 0 spiro atoms. The number of carbonyl (C=O) groups is 1. The van der Waals surface area contributed by atoms with E-state index in [1.165, 1.54) is 0 Å². The minimum Gasteiger partial charge on any atom is -0.294 e. The molecular weight excluding hydrogens is 253 g/mol. The molecule has 92 valence electrons. The third-order valence-electron chi connectivity index (χ3n) is 1.74. The van der Waals surface area contributed by atoms with Gasteiger partial charge in [0.15, 0.2) is 5.78 Å². The number of alkyl halides is 3. The Morgan fingerprint density at radius 1 is 1.24 bits per heavy atom. The maximum Gasteiger partial charge on any atom is 0.409 e. The predicted octanol–water partition coefficient (Wildman–Crippen LogP) is 2.48. The highest BCUT2D eigenvalue weighted by atomic mass is 32.2. The van der Waals surface area contributed by atoms with Crippen LogP contribution < -0.4 is 0 Å². The summed E-state index contributed by atoms with van der Waals surface area (Å²) in [4.78, 5) is 11.5. The maximum absolute atomic E-state index is 11.8. The van der Waals surface area contributed by atoms with Gasteiger partial charge < -0.3 is 0 Å². The summed E-state index contributed by atoms with van der Waals surface area (Å²) >= 11 is 0. The second-order valence-corrected chi connectivity index (χ2v) is 4.60. The van der Waals surface area contributed by atoms with Crippen LogP contribution in [0.5, 0.6) is 0 Å². The van der Waals surface area contributed by atoms with E-state index in [-0.39, 0.29) is 6.08 Å². The van der Waals surface area contributed by atoms with Crippen molar-refractivity contribution in [2.45, 2.75) is 11.1 Å². The lowest BCUT2D eigenvalue weighted by molar-refractivity contribution is -0.113. The zero-order chi connectivity index (χ0) is 12.9. The summed E-state index contributed by atoms with van der Waals surface area (Å²) in [5, 5.41) is 0. The van der Waals surface area contributed by atoms with E-state index in [1.54, 1.807) is 30.3 Å². The van der Waals surface area contributed by atoms with Crippen LogP contribution in [0.4, 0.5) is 13.2 Å². The third-order valence-corrected chi connectivity index (χ3v) is 3.08. The van der Waals surface area contributed by atoms with Gasteiger partial charge in [-0.15, -0.1) is 0 Å². The van der Waals surface area contributed by atoms with Crippen molar-refractivity contribution in [3.63, 3.8) is 0 Å². The van der Waals surface area contributed by atoms with Gasteiger partial charge in [0.05, 0.1) is 16.6 Å². The van der Waals surface area contributed by atoms with Gasteiger partial charge in [0, 0.05) is 11.0 Å². The van der Waals surface area contributed by atoms with E-state index >= 15 is 0 Å². The highest BCUT2D eigenvalue weighted by Gasteiger charge is 2.22. The minimum absolute atomic E-state index is 0.155. The lowest BCUT2D eigenvalue weighted by Crippen LogP contribution is -2.10. The van der Waals surface area contributed by atoms with Gasteiger partial charge in [-0.05, 0) is 18.2 Å². The molecule has 17 heavy (non-hydrogen) atoms. The van der Waals surface area contributed by atoms with Gasteiger partial charge >= 0.3 is 6.18 Å². The second kappa shape index (κ2) is 5.77. The summed E-state index contributed by atoms with van der Waals surface area (Å²) in [5.74, 6) is -1.26. The van der Waals surface area contributed by atoms with Crippen LogP contribution in [0, 0.1) is 0 Å². The maximum atomic E-state index is 11.8. The van der Waals surface area contributed by atoms with E-state index in [0.717, 1.165) is 0 Å². The first kappa shape index (κ1) is 13.6. The Kier molecular flexibility index (Phi) is 4.62. The number of ketones is 1. The zero-order valence-corrected chi connectivity index (χ0v) is 9.42. The van der Waals surface area contributed by atoms with Gasteiger partial charge in [-0.25, -0.2) is 0 Å². The summed E-state index contributed by atoms with van der Waals surface area (Å²) in [5.41, 5.74) is 0. The highest BCUT2D eigenvalue weighted by molar-refractivity contribution is 7.85. The van der Waals surface area contributed by atoms with Crippen LogP contribution in [0.2, 0.25) is 0 Å².